The van der Waals surface area contributed by atoms with Gasteiger partial charge in [0.15, 0.2) is 0 Å². The van der Waals surface area contributed by atoms with Gasteiger partial charge >= 0.3 is 0 Å². The van der Waals surface area contributed by atoms with Crippen LogP contribution in [0.3, 0.4) is 0 Å². The number of amides is 1. The number of anilines is 1. The normalized spacial score (nSPS) is 9.93. The van der Waals surface area contributed by atoms with Crippen molar-refractivity contribution in [3.05, 3.63) is 29.8 Å². The molecule has 3 nitrogen and oxygen atoms in total. The third-order valence-electron chi connectivity index (χ3n) is 2.03. The Hall–Kier alpha value is -1.35. The summed E-state index contributed by atoms with van der Waals surface area (Å²) < 4.78 is 4.79. The van der Waals surface area contributed by atoms with Crippen molar-refractivity contribution in [3.63, 3.8) is 0 Å². The Morgan fingerprint density at radius 1 is 1.50 bits per heavy atom. The second kappa shape index (κ2) is 4.77. The first-order valence-corrected chi connectivity index (χ1v) is 4.47. The van der Waals surface area contributed by atoms with Crippen molar-refractivity contribution in [1.29, 1.82) is 0 Å². The van der Waals surface area contributed by atoms with Gasteiger partial charge in [0.1, 0.15) is 6.61 Å². The number of benzene rings is 1. The van der Waals surface area contributed by atoms with Crippen molar-refractivity contribution < 1.29 is 9.53 Å². The summed E-state index contributed by atoms with van der Waals surface area (Å²) in [5, 5.41) is 0. The van der Waals surface area contributed by atoms with Crippen molar-refractivity contribution in [2.45, 2.75) is 6.92 Å². The van der Waals surface area contributed by atoms with E-state index in [0.29, 0.717) is 0 Å². The first-order valence-electron chi connectivity index (χ1n) is 4.47. The average molecular weight is 193 g/mol. The molecule has 0 bridgehead atoms. The van der Waals surface area contributed by atoms with Crippen LogP contribution in [0, 0.1) is 6.92 Å². The van der Waals surface area contributed by atoms with Gasteiger partial charge in [0.2, 0.25) is 0 Å². The minimum absolute atomic E-state index is 0.0434. The highest BCUT2D eigenvalue weighted by molar-refractivity contribution is 5.93. The molecule has 0 fully saturated rings. The van der Waals surface area contributed by atoms with Gasteiger partial charge in [-0.1, -0.05) is 12.1 Å². The number of hydrogen-bond donors (Lipinski definition) is 0. The van der Waals surface area contributed by atoms with E-state index in [1.165, 1.54) is 7.11 Å². The number of carbonyl (C=O) groups excluding carboxylic acids is 1. The molecule has 76 valence electrons. The second-order valence-electron chi connectivity index (χ2n) is 3.22. The second-order valence-corrected chi connectivity index (χ2v) is 3.22. The summed E-state index contributed by atoms with van der Waals surface area (Å²) in [6, 6.07) is 7.80. The minimum Gasteiger partial charge on any atom is -0.375 e. The molecule has 0 aliphatic heterocycles. The SMILES string of the molecule is COCC(=O)N(C)c1cccc(C)c1. The molecule has 0 saturated heterocycles. The average Bonchev–Trinajstić information content (AvgIpc) is 2.17. The molecule has 0 N–H and O–H groups in total. The highest BCUT2D eigenvalue weighted by Crippen LogP contribution is 2.14. The number of aryl methyl sites for hydroxylation is 1. The van der Waals surface area contributed by atoms with Crippen LogP contribution in [-0.2, 0) is 9.53 Å². The van der Waals surface area contributed by atoms with E-state index in [0.717, 1.165) is 11.3 Å². The molecule has 1 rings (SSSR count). The lowest BCUT2D eigenvalue weighted by Crippen LogP contribution is -2.29. The summed E-state index contributed by atoms with van der Waals surface area (Å²) in [4.78, 5) is 13.0. The van der Waals surface area contributed by atoms with E-state index in [2.05, 4.69) is 0 Å². The summed E-state index contributed by atoms with van der Waals surface area (Å²) in [5.41, 5.74) is 2.03. The predicted octanol–water partition coefficient (Wildman–Crippen LogP) is 1.60. The molecule has 1 aromatic carbocycles. The molecule has 0 aliphatic carbocycles. The van der Waals surface area contributed by atoms with Gasteiger partial charge in [-0.2, -0.15) is 0 Å². The Labute approximate surface area is 84.3 Å². The molecule has 1 aromatic rings. The number of ether oxygens (including phenoxy) is 1. The smallest absolute Gasteiger partial charge is 0.252 e. The molecule has 0 radical (unpaired) electrons. The van der Waals surface area contributed by atoms with E-state index in [-0.39, 0.29) is 12.5 Å². The van der Waals surface area contributed by atoms with Gasteiger partial charge in [-0.3, -0.25) is 4.79 Å². The number of nitrogens with zero attached hydrogens (tertiary/aromatic N) is 1. The van der Waals surface area contributed by atoms with Crippen molar-refractivity contribution in [1.82, 2.24) is 0 Å². The van der Waals surface area contributed by atoms with Crippen LogP contribution in [0.4, 0.5) is 5.69 Å². The van der Waals surface area contributed by atoms with Crippen LogP contribution in [0.25, 0.3) is 0 Å². The quantitative estimate of drug-likeness (QED) is 0.729. The largest absolute Gasteiger partial charge is 0.375 e. The molecule has 0 unspecified atom stereocenters. The monoisotopic (exact) mass is 193 g/mol. The van der Waals surface area contributed by atoms with Crippen molar-refractivity contribution in [2.24, 2.45) is 0 Å². The van der Waals surface area contributed by atoms with E-state index < -0.39 is 0 Å². The third kappa shape index (κ3) is 2.57. The van der Waals surface area contributed by atoms with Crippen LogP contribution in [0.2, 0.25) is 0 Å². The summed E-state index contributed by atoms with van der Waals surface area (Å²) >= 11 is 0. The van der Waals surface area contributed by atoms with Crippen LogP contribution in [-0.4, -0.2) is 26.7 Å². The van der Waals surface area contributed by atoms with Crippen molar-refractivity contribution in [2.75, 3.05) is 25.7 Å². The Balaban J connectivity index is 2.78. The Kier molecular flexibility index (Phi) is 3.65. The number of carbonyl (C=O) groups is 1. The molecule has 0 atom stereocenters. The van der Waals surface area contributed by atoms with Crippen LogP contribution in [0.1, 0.15) is 5.56 Å². The standard InChI is InChI=1S/C11H15NO2/c1-9-5-4-6-10(7-9)12(2)11(13)8-14-3/h4-7H,8H2,1-3H3. The molecule has 14 heavy (non-hydrogen) atoms. The zero-order valence-corrected chi connectivity index (χ0v) is 8.78. The van der Waals surface area contributed by atoms with Crippen molar-refractivity contribution in [3.8, 4) is 0 Å². The lowest BCUT2D eigenvalue weighted by molar-refractivity contribution is -0.121. The van der Waals surface area contributed by atoms with Gasteiger partial charge in [0.05, 0.1) is 0 Å². The topological polar surface area (TPSA) is 29.5 Å². The number of hydrogen-bond acceptors (Lipinski definition) is 2. The first-order chi connectivity index (χ1) is 6.65. The maximum Gasteiger partial charge on any atom is 0.252 e. The van der Waals surface area contributed by atoms with Gasteiger partial charge in [0, 0.05) is 19.8 Å². The Morgan fingerprint density at radius 3 is 2.79 bits per heavy atom. The lowest BCUT2D eigenvalue weighted by Gasteiger charge is -2.17. The highest BCUT2D eigenvalue weighted by Gasteiger charge is 2.09. The molecular formula is C11H15NO2. The van der Waals surface area contributed by atoms with E-state index >= 15 is 0 Å². The van der Waals surface area contributed by atoms with Crippen LogP contribution < -0.4 is 4.90 Å². The summed E-state index contributed by atoms with van der Waals surface area (Å²) in [6.07, 6.45) is 0. The van der Waals surface area contributed by atoms with Gasteiger partial charge < -0.3 is 9.64 Å². The van der Waals surface area contributed by atoms with Gasteiger partial charge in [-0.15, -0.1) is 0 Å². The fourth-order valence-corrected chi connectivity index (χ4v) is 1.20. The zero-order chi connectivity index (χ0) is 10.6. The molecule has 0 saturated carbocycles. The van der Waals surface area contributed by atoms with Crippen LogP contribution in [0.5, 0.6) is 0 Å². The Bertz CT molecular complexity index is 323. The highest BCUT2D eigenvalue weighted by atomic mass is 16.5. The van der Waals surface area contributed by atoms with E-state index in [1.807, 2.05) is 31.2 Å². The van der Waals surface area contributed by atoms with Crippen molar-refractivity contribution >= 4 is 11.6 Å². The summed E-state index contributed by atoms with van der Waals surface area (Å²) in [7, 11) is 3.26. The predicted molar refractivity (Wildman–Crippen MR) is 56.5 cm³/mol. The molecule has 1 amide bonds. The maximum absolute atomic E-state index is 11.5. The molecular weight excluding hydrogens is 178 g/mol. The van der Waals surface area contributed by atoms with Crippen LogP contribution >= 0.6 is 0 Å². The number of rotatable bonds is 3. The summed E-state index contributed by atoms with van der Waals surface area (Å²) in [5.74, 6) is -0.0434. The van der Waals surface area contributed by atoms with E-state index in [9.17, 15) is 4.79 Å². The van der Waals surface area contributed by atoms with Gasteiger partial charge in [-0.25, -0.2) is 0 Å². The molecule has 0 spiro atoms. The molecule has 0 aliphatic rings. The number of methoxy groups -OCH3 is 1. The minimum atomic E-state index is -0.0434. The molecule has 3 heteroatoms. The van der Waals surface area contributed by atoms with E-state index in [1.54, 1.807) is 11.9 Å². The Morgan fingerprint density at radius 2 is 2.21 bits per heavy atom. The molecule has 0 aromatic heterocycles. The fraction of sp³-hybridized carbons (Fsp3) is 0.364. The zero-order valence-electron chi connectivity index (χ0n) is 8.78. The van der Waals surface area contributed by atoms with Gasteiger partial charge in [0.25, 0.3) is 5.91 Å². The maximum atomic E-state index is 11.5. The first kappa shape index (κ1) is 10.7. The third-order valence-corrected chi connectivity index (χ3v) is 2.03. The van der Waals surface area contributed by atoms with E-state index in [4.69, 9.17) is 4.74 Å². The lowest BCUT2D eigenvalue weighted by atomic mass is 10.2. The fourth-order valence-electron chi connectivity index (χ4n) is 1.20. The number of likely N-dealkylation sites (N-methyl/N-ethyl adjacent to an activating group) is 1. The van der Waals surface area contributed by atoms with Gasteiger partial charge in [-0.05, 0) is 24.6 Å². The summed E-state index contributed by atoms with van der Waals surface area (Å²) in [6.45, 7) is 2.11. The molecule has 0 heterocycles. The van der Waals surface area contributed by atoms with Crippen LogP contribution in [0.15, 0.2) is 24.3 Å².